The fourth-order valence-electron chi connectivity index (χ4n) is 4.22. The Balaban J connectivity index is 0.00000256. The minimum atomic E-state index is -0.324. The number of pyridine rings is 1. The summed E-state index contributed by atoms with van der Waals surface area (Å²) < 4.78 is 10.6. The molecule has 30 heavy (non-hydrogen) atoms. The van der Waals surface area contributed by atoms with Crippen molar-refractivity contribution in [2.24, 2.45) is 5.92 Å². The van der Waals surface area contributed by atoms with Crippen molar-refractivity contribution >= 4 is 27.5 Å². The molecule has 0 bridgehead atoms. The number of esters is 1. The van der Waals surface area contributed by atoms with Gasteiger partial charge in [-0.05, 0) is 50.2 Å². The van der Waals surface area contributed by atoms with Gasteiger partial charge >= 0.3 is 5.97 Å². The Kier molecular flexibility index (Phi) is 7.17. The Bertz CT molecular complexity index is 1080. The molecule has 1 aliphatic carbocycles. The lowest BCUT2D eigenvalue weighted by Gasteiger charge is -2.19. The van der Waals surface area contributed by atoms with E-state index in [4.69, 9.17) is 14.5 Å². The maximum absolute atomic E-state index is 13.1. The Morgan fingerprint density at radius 2 is 2.07 bits per heavy atom. The van der Waals surface area contributed by atoms with E-state index in [9.17, 15) is 4.79 Å². The minimum absolute atomic E-state index is 0. The average Bonchev–Trinajstić information content (AvgIpc) is 3.03. The van der Waals surface area contributed by atoms with Gasteiger partial charge in [-0.2, -0.15) is 0 Å². The third-order valence-corrected chi connectivity index (χ3v) is 6.80. The Hall–Kier alpha value is -1.95. The van der Waals surface area contributed by atoms with Gasteiger partial charge in [-0.25, -0.2) is 9.78 Å². The number of nitrogens with zero attached hydrogens (tertiary/aromatic N) is 1. The molecule has 0 aliphatic heterocycles. The molecule has 1 aromatic carbocycles. The summed E-state index contributed by atoms with van der Waals surface area (Å²) in [7, 11) is 1.60. The van der Waals surface area contributed by atoms with Gasteiger partial charge in [0.1, 0.15) is 11.4 Å². The molecule has 4 nitrogen and oxygen atoms in total. The standard InChI is InChI=1S/C24H27NO3S.ClH/c1-14-6-5-7-17(12-14)21-20(24(26)28-11-10-27-4)16(3)25-23-22(21)18-9-8-15(2)13-19(18)29-23;/h5-7,12,15H,8-11,13H2,1-4H3;1H/p-1. The van der Waals surface area contributed by atoms with Crippen molar-refractivity contribution in [2.45, 2.75) is 40.0 Å². The second-order valence-electron chi connectivity index (χ2n) is 7.98. The highest BCUT2D eigenvalue weighted by Crippen LogP contribution is 2.44. The summed E-state index contributed by atoms with van der Waals surface area (Å²) >= 11 is 1.79. The number of fused-ring (bicyclic) bond motifs is 3. The van der Waals surface area contributed by atoms with Gasteiger partial charge in [-0.15, -0.1) is 11.3 Å². The zero-order chi connectivity index (χ0) is 20.5. The molecule has 1 unspecified atom stereocenters. The van der Waals surface area contributed by atoms with Crippen molar-refractivity contribution in [1.82, 2.24) is 4.98 Å². The minimum Gasteiger partial charge on any atom is -1.00 e. The van der Waals surface area contributed by atoms with Crippen molar-refractivity contribution < 1.29 is 26.7 Å². The molecular formula is C24H27ClNO3S-. The number of hydrogen-bond acceptors (Lipinski definition) is 5. The van der Waals surface area contributed by atoms with Crippen LogP contribution in [0.25, 0.3) is 21.3 Å². The van der Waals surface area contributed by atoms with Crippen molar-refractivity contribution in [1.29, 1.82) is 0 Å². The summed E-state index contributed by atoms with van der Waals surface area (Å²) in [5.74, 6) is 0.368. The fourth-order valence-corrected chi connectivity index (χ4v) is 5.65. The van der Waals surface area contributed by atoms with Crippen LogP contribution in [0.15, 0.2) is 24.3 Å². The predicted molar refractivity (Wildman–Crippen MR) is 118 cm³/mol. The van der Waals surface area contributed by atoms with Gasteiger partial charge in [0, 0.05) is 22.9 Å². The molecular weight excluding hydrogens is 418 g/mol. The SMILES string of the molecule is COCCOC(=O)c1c(C)nc2sc3c(c2c1-c1cccc(C)c1)CCC(C)C3.[Cl-]. The highest BCUT2D eigenvalue weighted by molar-refractivity contribution is 7.19. The van der Waals surface area contributed by atoms with E-state index in [1.165, 1.54) is 22.4 Å². The number of aromatic nitrogens is 1. The zero-order valence-corrected chi connectivity index (χ0v) is 19.5. The molecule has 6 heteroatoms. The van der Waals surface area contributed by atoms with Crippen LogP contribution < -0.4 is 12.4 Å². The van der Waals surface area contributed by atoms with Gasteiger partial charge < -0.3 is 21.9 Å². The summed E-state index contributed by atoms with van der Waals surface area (Å²) in [4.78, 5) is 20.4. The Morgan fingerprint density at radius 1 is 1.27 bits per heavy atom. The molecule has 2 aromatic heterocycles. The number of carbonyl (C=O) groups excluding carboxylic acids is 1. The number of thiophene rings is 1. The van der Waals surface area contributed by atoms with Crippen molar-refractivity contribution in [3.63, 3.8) is 0 Å². The molecule has 4 rings (SSSR count). The molecule has 3 aromatic rings. The molecule has 0 amide bonds. The van der Waals surface area contributed by atoms with Crippen molar-refractivity contribution in [3.8, 4) is 11.1 Å². The highest BCUT2D eigenvalue weighted by Gasteiger charge is 2.28. The first-order chi connectivity index (χ1) is 14.0. The maximum atomic E-state index is 13.1. The van der Waals surface area contributed by atoms with Gasteiger partial charge in [0.15, 0.2) is 0 Å². The Labute approximate surface area is 188 Å². The normalized spacial score (nSPS) is 15.5. The quantitative estimate of drug-likeness (QED) is 0.448. The first kappa shape index (κ1) is 22.7. The molecule has 0 fully saturated rings. The van der Waals surface area contributed by atoms with E-state index in [0.29, 0.717) is 18.1 Å². The number of aryl methyl sites for hydroxylation is 3. The molecule has 0 saturated heterocycles. The largest absolute Gasteiger partial charge is 1.00 e. The smallest absolute Gasteiger partial charge is 0.340 e. The number of carbonyl (C=O) groups is 1. The third-order valence-electron chi connectivity index (χ3n) is 5.66. The lowest BCUT2D eigenvalue weighted by Crippen LogP contribution is -3.00. The van der Waals surface area contributed by atoms with Crippen LogP contribution in [0.1, 0.15) is 45.4 Å². The maximum Gasteiger partial charge on any atom is 0.340 e. The fraction of sp³-hybridized carbons (Fsp3) is 0.417. The second kappa shape index (κ2) is 9.46. The monoisotopic (exact) mass is 444 g/mol. The number of halogens is 1. The summed E-state index contributed by atoms with van der Waals surface area (Å²) in [6.45, 7) is 6.92. The van der Waals surface area contributed by atoms with Crippen molar-refractivity contribution in [2.75, 3.05) is 20.3 Å². The van der Waals surface area contributed by atoms with E-state index < -0.39 is 0 Å². The lowest BCUT2D eigenvalue weighted by atomic mass is 9.86. The van der Waals surface area contributed by atoms with E-state index in [2.05, 4.69) is 32.0 Å². The second-order valence-corrected chi connectivity index (χ2v) is 9.06. The molecule has 1 atom stereocenters. The molecule has 2 heterocycles. The van der Waals surface area contributed by atoms with Gasteiger partial charge in [-0.1, -0.05) is 36.8 Å². The van der Waals surface area contributed by atoms with Crippen LogP contribution in [-0.2, 0) is 22.3 Å². The topological polar surface area (TPSA) is 48.4 Å². The molecule has 160 valence electrons. The van der Waals surface area contributed by atoms with Crippen LogP contribution in [-0.4, -0.2) is 31.3 Å². The summed E-state index contributed by atoms with van der Waals surface area (Å²) in [6, 6.07) is 8.36. The van der Waals surface area contributed by atoms with Crippen LogP contribution in [0.5, 0.6) is 0 Å². The first-order valence-electron chi connectivity index (χ1n) is 10.2. The van der Waals surface area contributed by atoms with Gasteiger partial charge in [0.2, 0.25) is 0 Å². The zero-order valence-electron chi connectivity index (χ0n) is 17.9. The molecule has 0 saturated carbocycles. The number of rotatable bonds is 5. The first-order valence-corrected chi connectivity index (χ1v) is 11.0. The van der Waals surface area contributed by atoms with E-state index in [0.717, 1.165) is 39.9 Å². The van der Waals surface area contributed by atoms with E-state index in [1.807, 2.05) is 13.0 Å². The van der Waals surface area contributed by atoms with Gasteiger partial charge in [0.25, 0.3) is 0 Å². The van der Waals surface area contributed by atoms with Crippen LogP contribution >= 0.6 is 11.3 Å². The van der Waals surface area contributed by atoms with E-state index in [1.54, 1.807) is 18.4 Å². The van der Waals surface area contributed by atoms with E-state index in [-0.39, 0.29) is 25.0 Å². The summed E-state index contributed by atoms with van der Waals surface area (Å²) in [5, 5.41) is 1.15. The Morgan fingerprint density at radius 3 is 2.80 bits per heavy atom. The number of methoxy groups -OCH3 is 1. The van der Waals surface area contributed by atoms with Crippen molar-refractivity contribution in [3.05, 3.63) is 51.5 Å². The molecule has 1 aliphatic rings. The number of benzene rings is 1. The van der Waals surface area contributed by atoms with Crippen LogP contribution in [0.4, 0.5) is 0 Å². The van der Waals surface area contributed by atoms with Gasteiger partial charge in [-0.3, -0.25) is 0 Å². The van der Waals surface area contributed by atoms with Crippen LogP contribution in [0, 0.1) is 19.8 Å². The lowest BCUT2D eigenvalue weighted by molar-refractivity contribution is -0.0000259. The summed E-state index contributed by atoms with van der Waals surface area (Å²) in [6.07, 6.45) is 3.31. The number of ether oxygens (including phenoxy) is 2. The van der Waals surface area contributed by atoms with E-state index >= 15 is 0 Å². The molecule has 0 radical (unpaired) electrons. The average molecular weight is 445 g/mol. The molecule has 0 N–H and O–H groups in total. The predicted octanol–water partition coefficient (Wildman–Crippen LogP) is 2.51. The van der Waals surface area contributed by atoms with Crippen LogP contribution in [0.2, 0.25) is 0 Å². The number of hydrogen-bond donors (Lipinski definition) is 0. The highest BCUT2D eigenvalue weighted by atomic mass is 35.5. The van der Waals surface area contributed by atoms with Gasteiger partial charge in [0.05, 0.1) is 17.9 Å². The third kappa shape index (κ3) is 4.25. The van der Waals surface area contributed by atoms with Crippen LogP contribution in [0.3, 0.4) is 0 Å². The molecule has 0 spiro atoms. The summed E-state index contributed by atoms with van der Waals surface area (Å²) in [5.41, 5.74) is 5.88.